The maximum atomic E-state index is 11.6. The lowest BCUT2D eigenvalue weighted by molar-refractivity contribution is -0.126. The number of rotatable bonds is 20. The van der Waals surface area contributed by atoms with Crippen LogP contribution in [0.5, 0.6) is 0 Å². The topological polar surface area (TPSA) is 66.0 Å². The molecule has 1 N–H and O–H groups in total. The predicted octanol–water partition coefficient (Wildman–Crippen LogP) is 3.43. The van der Waals surface area contributed by atoms with Crippen LogP contribution in [0.3, 0.4) is 0 Å². The van der Waals surface area contributed by atoms with Crippen molar-refractivity contribution in [2.45, 2.75) is 59.8 Å². The Balaban J connectivity index is 3.17. The van der Waals surface area contributed by atoms with E-state index in [0.29, 0.717) is 39.6 Å². The molecule has 0 aliphatic heterocycles. The zero-order chi connectivity index (χ0) is 20.2. The molecule has 27 heavy (non-hydrogen) atoms. The van der Waals surface area contributed by atoms with Crippen LogP contribution < -0.4 is 5.32 Å². The lowest BCUT2D eigenvalue weighted by atomic mass is 10.0. The van der Waals surface area contributed by atoms with Crippen molar-refractivity contribution in [3.05, 3.63) is 0 Å². The minimum absolute atomic E-state index is 0.0594. The first-order valence-electron chi connectivity index (χ1n) is 10.6. The van der Waals surface area contributed by atoms with Gasteiger partial charge in [0.15, 0.2) is 0 Å². The summed E-state index contributed by atoms with van der Waals surface area (Å²) in [6.07, 6.45) is 5.67. The second kappa shape index (κ2) is 20.1. The third-order valence-electron chi connectivity index (χ3n) is 4.31. The first kappa shape index (κ1) is 26.3. The smallest absolute Gasteiger partial charge is 0.245 e. The Kier molecular flexibility index (Phi) is 19.5. The third kappa shape index (κ3) is 21.5. The van der Waals surface area contributed by atoms with Crippen molar-refractivity contribution in [1.29, 1.82) is 0 Å². The number of hydrogen-bond donors (Lipinski definition) is 1. The van der Waals surface area contributed by atoms with Crippen molar-refractivity contribution in [3.63, 3.8) is 0 Å². The highest BCUT2D eigenvalue weighted by molar-refractivity contribution is 5.77. The number of amides is 1. The van der Waals surface area contributed by atoms with Gasteiger partial charge >= 0.3 is 0 Å². The monoisotopic (exact) mass is 389 g/mol. The van der Waals surface area contributed by atoms with Crippen LogP contribution in [0.2, 0.25) is 0 Å². The number of ether oxygens (including phenoxy) is 4. The van der Waals surface area contributed by atoms with Crippen LogP contribution in [-0.4, -0.2) is 65.3 Å². The quantitative estimate of drug-likeness (QED) is 0.323. The SMILES string of the molecule is CCC(C)CCCNC(=O)COCCOCCOCCOCCCC(C)C. The van der Waals surface area contributed by atoms with Crippen LogP contribution in [0.1, 0.15) is 59.8 Å². The summed E-state index contributed by atoms with van der Waals surface area (Å²) >= 11 is 0. The average molecular weight is 390 g/mol. The van der Waals surface area contributed by atoms with E-state index in [0.717, 1.165) is 44.2 Å². The largest absolute Gasteiger partial charge is 0.379 e. The normalized spacial score (nSPS) is 12.5. The molecule has 0 aliphatic carbocycles. The molecule has 1 amide bonds. The molecule has 0 aliphatic rings. The Morgan fingerprint density at radius 3 is 1.89 bits per heavy atom. The summed E-state index contributed by atoms with van der Waals surface area (Å²) in [5, 5.41) is 2.87. The highest BCUT2D eigenvalue weighted by atomic mass is 16.6. The second-order valence-electron chi connectivity index (χ2n) is 7.43. The van der Waals surface area contributed by atoms with E-state index in [-0.39, 0.29) is 12.5 Å². The molecule has 0 rings (SSSR count). The zero-order valence-corrected chi connectivity index (χ0v) is 18.1. The van der Waals surface area contributed by atoms with Gasteiger partial charge in [0, 0.05) is 13.2 Å². The molecule has 6 nitrogen and oxygen atoms in total. The fraction of sp³-hybridized carbons (Fsp3) is 0.952. The van der Waals surface area contributed by atoms with Gasteiger partial charge in [-0.25, -0.2) is 0 Å². The second-order valence-corrected chi connectivity index (χ2v) is 7.43. The van der Waals surface area contributed by atoms with Gasteiger partial charge in [0.2, 0.25) is 5.91 Å². The molecule has 0 bridgehead atoms. The van der Waals surface area contributed by atoms with Gasteiger partial charge in [-0.05, 0) is 37.5 Å². The standard InChI is InChI=1S/C21H43NO5/c1-5-20(4)9-6-10-22-21(23)18-27-17-16-26-15-14-25-13-12-24-11-7-8-19(2)3/h19-20H,5-18H2,1-4H3,(H,22,23). The summed E-state index contributed by atoms with van der Waals surface area (Å²) in [5.41, 5.74) is 0. The molecule has 1 atom stereocenters. The fourth-order valence-corrected chi connectivity index (χ4v) is 2.35. The molecule has 0 heterocycles. The Hall–Kier alpha value is -0.690. The Morgan fingerprint density at radius 2 is 1.33 bits per heavy atom. The van der Waals surface area contributed by atoms with E-state index in [4.69, 9.17) is 18.9 Å². The summed E-state index contributed by atoms with van der Waals surface area (Å²) in [6, 6.07) is 0. The summed E-state index contributed by atoms with van der Waals surface area (Å²) in [7, 11) is 0. The number of nitrogens with one attached hydrogen (secondary N) is 1. The van der Waals surface area contributed by atoms with Gasteiger partial charge in [-0.2, -0.15) is 0 Å². The van der Waals surface area contributed by atoms with Crippen molar-refractivity contribution >= 4 is 5.91 Å². The molecule has 0 saturated heterocycles. The average Bonchev–Trinajstić information content (AvgIpc) is 2.64. The first-order valence-corrected chi connectivity index (χ1v) is 10.6. The summed E-state index contributed by atoms with van der Waals surface area (Å²) in [5.74, 6) is 1.40. The highest BCUT2D eigenvalue weighted by Gasteiger charge is 2.02. The van der Waals surface area contributed by atoms with Crippen LogP contribution in [0.15, 0.2) is 0 Å². The molecule has 0 aromatic heterocycles. The Morgan fingerprint density at radius 1 is 0.778 bits per heavy atom. The molecule has 1 unspecified atom stereocenters. The molecular formula is C21H43NO5. The molecular weight excluding hydrogens is 346 g/mol. The summed E-state index contributed by atoms with van der Waals surface area (Å²) in [6.45, 7) is 13.7. The molecule has 0 spiro atoms. The lowest BCUT2D eigenvalue weighted by Crippen LogP contribution is -2.29. The minimum atomic E-state index is -0.0594. The third-order valence-corrected chi connectivity index (χ3v) is 4.31. The van der Waals surface area contributed by atoms with E-state index in [9.17, 15) is 4.79 Å². The zero-order valence-electron chi connectivity index (χ0n) is 18.1. The Labute approximate surface area is 166 Å². The van der Waals surface area contributed by atoms with Gasteiger partial charge < -0.3 is 24.3 Å². The van der Waals surface area contributed by atoms with Crippen LogP contribution in [0, 0.1) is 11.8 Å². The van der Waals surface area contributed by atoms with Gasteiger partial charge in [-0.1, -0.05) is 34.1 Å². The molecule has 0 fully saturated rings. The predicted molar refractivity (Wildman–Crippen MR) is 109 cm³/mol. The van der Waals surface area contributed by atoms with Crippen molar-refractivity contribution in [2.24, 2.45) is 11.8 Å². The van der Waals surface area contributed by atoms with Gasteiger partial charge in [-0.3, -0.25) is 4.79 Å². The number of carbonyl (C=O) groups is 1. The van der Waals surface area contributed by atoms with Gasteiger partial charge in [-0.15, -0.1) is 0 Å². The number of carbonyl (C=O) groups excluding carboxylic acids is 1. The molecule has 0 radical (unpaired) electrons. The van der Waals surface area contributed by atoms with E-state index < -0.39 is 0 Å². The van der Waals surface area contributed by atoms with Gasteiger partial charge in [0.1, 0.15) is 6.61 Å². The van der Waals surface area contributed by atoms with Crippen molar-refractivity contribution < 1.29 is 23.7 Å². The van der Waals surface area contributed by atoms with Crippen LogP contribution >= 0.6 is 0 Å². The highest BCUT2D eigenvalue weighted by Crippen LogP contribution is 2.07. The lowest BCUT2D eigenvalue weighted by Gasteiger charge is -2.09. The Bertz CT molecular complexity index is 326. The molecule has 0 aromatic rings. The van der Waals surface area contributed by atoms with Crippen LogP contribution in [-0.2, 0) is 23.7 Å². The van der Waals surface area contributed by atoms with Crippen molar-refractivity contribution in [3.8, 4) is 0 Å². The van der Waals surface area contributed by atoms with Crippen molar-refractivity contribution in [2.75, 3.05) is 59.4 Å². The summed E-state index contributed by atoms with van der Waals surface area (Å²) < 4.78 is 21.6. The minimum Gasteiger partial charge on any atom is -0.379 e. The number of hydrogen-bond acceptors (Lipinski definition) is 5. The maximum absolute atomic E-state index is 11.6. The van der Waals surface area contributed by atoms with E-state index in [1.165, 1.54) is 12.8 Å². The summed E-state index contributed by atoms with van der Waals surface area (Å²) in [4.78, 5) is 11.6. The van der Waals surface area contributed by atoms with Gasteiger partial charge in [0.05, 0.1) is 39.6 Å². The van der Waals surface area contributed by atoms with Crippen LogP contribution in [0.25, 0.3) is 0 Å². The fourth-order valence-electron chi connectivity index (χ4n) is 2.35. The maximum Gasteiger partial charge on any atom is 0.245 e. The van der Waals surface area contributed by atoms with Crippen molar-refractivity contribution in [1.82, 2.24) is 5.32 Å². The van der Waals surface area contributed by atoms with Crippen LogP contribution in [0.4, 0.5) is 0 Å². The molecule has 162 valence electrons. The molecule has 0 aromatic carbocycles. The van der Waals surface area contributed by atoms with E-state index in [2.05, 4.69) is 33.0 Å². The molecule has 6 heteroatoms. The van der Waals surface area contributed by atoms with E-state index in [1.54, 1.807) is 0 Å². The van der Waals surface area contributed by atoms with Gasteiger partial charge in [0.25, 0.3) is 0 Å². The van der Waals surface area contributed by atoms with E-state index in [1.807, 2.05) is 0 Å². The van der Waals surface area contributed by atoms with E-state index >= 15 is 0 Å². The first-order chi connectivity index (χ1) is 13.1. The molecule has 0 saturated carbocycles.